The Hall–Kier alpha value is -0.130. The zero-order valence-electron chi connectivity index (χ0n) is 7.62. The van der Waals surface area contributed by atoms with Gasteiger partial charge in [-0.3, -0.25) is 0 Å². The van der Waals surface area contributed by atoms with E-state index in [1.807, 2.05) is 0 Å². The Morgan fingerprint density at radius 2 is 1.23 bits per heavy atom. The molecule has 76 valence electrons. The second-order valence-corrected chi connectivity index (χ2v) is 5.47. The quantitative estimate of drug-likeness (QED) is 0.701. The first kappa shape index (κ1) is 9.43. The summed E-state index contributed by atoms with van der Waals surface area (Å²) in [6.07, 6.45) is 6.27. The maximum absolute atomic E-state index is 11.4. The van der Waals surface area contributed by atoms with Gasteiger partial charge in [0.05, 0.1) is 0 Å². The van der Waals surface area contributed by atoms with E-state index in [0.29, 0.717) is 0 Å². The van der Waals surface area contributed by atoms with Crippen LogP contribution in [-0.4, -0.2) is 20.5 Å². The molecule has 0 aliphatic heterocycles. The predicted octanol–water partition coefficient (Wildman–Crippen LogP) is 0.515. The summed E-state index contributed by atoms with van der Waals surface area (Å²) >= 11 is 0. The Kier molecular flexibility index (Phi) is 2.58. The van der Waals surface area contributed by atoms with Crippen molar-refractivity contribution in [3.63, 3.8) is 0 Å². The molecule has 2 N–H and O–H groups in total. The number of nitrogens with one attached hydrogen (secondary N) is 2. The van der Waals surface area contributed by atoms with Gasteiger partial charge in [0.15, 0.2) is 0 Å². The number of hydrogen-bond acceptors (Lipinski definition) is 2. The van der Waals surface area contributed by atoms with Crippen LogP contribution < -0.4 is 9.44 Å². The van der Waals surface area contributed by atoms with E-state index in [4.69, 9.17) is 0 Å². The second-order valence-electron chi connectivity index (χ2n) is 3.99. The molecule has 0 unspecified atom stereocenters. The van der Waals surface area contributed by atoms with E-state index in [1.54, 1.807) is 0 Å². The molecule has 2 saturated carbocycles. The molecule has 2 aliphatic carbocycles. The molecule has 0 aromatic rings. The van der Waals surface area contributed by atoms with Gasteiger partial charge >= 0.3 is 0 Å². The summed E-state index contributed by atoms with van der Waals surface area (Å²) in [6.45, 7) is 0. The molecule has 0 bridgehead atoms. The van der Waals surface area contributed by atoms with Crippen LogP contribution in [0.25, 0.3) is 0 Å². The van der Waals surface area contributed by atoms with Gasteiger partial charge in [-0.05, 0) is 25.7 Å². The molecule has 0 aromatic heterocycles. The molecular weight excluding hydrogens is 188 g/mol. The van der Waals surface area contributed by atoms with Crippen LogP contribution in [0.1, 0.15) is 38.5 Å². The van der Waals surface area contributed by atoms with E-state index in [1.165, 1.54) is 0 Å². The highest BCUT2D eigenvalue weighted by Gasteiger charge is 2.27. The standard InChI is InChI=1S/C8H16N2O2S/c11-13(12,9-7-3-1-4-7)10-8-5-2-6-8/h7-10H,1-6H2. The average molecular weight is 204 g/mol. The molecule has 0 heterocycles. The van der Waals surface area contributed by atoms with Crippen LogP contribution in [-0.2, 0) is 10.2 Å². The first-order valence-corrected chi connectivity index (χ1v) is 6.44. The van der Waals surface area contributed by atoms with Crippen molar-refractivity contribution in [1.29, 1.82) is 0 Å². The van der Waals surface area contributed by atoms with Crippen LogP contribution in [0.15, 0.2) is 0 Å². The number of hydrogen-bond donors (Lipinski definition) is 2. The third-order valence-electron chi connectivity index (χ3n) is 2.85. The maximum atomic E-state index is 11.4. The van der Waals surface area contributed by atoms with Crippen LogP contribution in [0.4, 0.5) is 0 Å². The van der Waals surface area contributed by atoms with Gasteiger partial charge in [0, 0.05) is 12.1 Å². The molecule has 4 nitrogen and oxygen atoms in total. The molecule has 0 saturated heterocycles. The third-order valence-corrected chi connectivity index (χ3v) is 4.14. The SMILES string of the molecule is O=S(=O)(NC1CCC1)NC1CCC1. The van der Waals surface area contributed by atoms with Crippen LogP contribution in [0.2, 0.25) is 0 Å². The maximum Gasteiger partial charge on any atom is 0.277 e. The smallest absolute Gasteiger partial charge is 0.199 e. The highest BCUT2D eigenvalue weighted by Crippen LogP contribution is 2.21. The normalized spacial score (nSPS) is 25.2. The Bertz CT molecular complexity index is 246. The van der Waals surface area contributed by atoms with Crippen molar-refractivity contribution in [2.24, 2.45) is 0 Å². The van der Waals surface area contributed by atoms with E-state index in [2.05, 4.69) is 9.44 Å². The molecule has 0 atom stereocenters. The van der Waals surface area contributed by atoms with E-state index < -0.39 is 10.2 Å². The van der Waals surface area contributed by atoms with Gasteiger partial charge in [0.25, 0.3) is 10.2 Å². The first-order chi connectivity index (χ1) is 6.16. The minimum Gasteiger partial charge on any atom is -0.199 e. The van der Waals surface area contributed by atoms with Crippen molar-refractivity contribution in [3.8, 4) is 0 Å². The summed E-state index contributed by atoms with van der Waals surface area (Å²) in [5.41, 5.74) is 0. The van der Waals surface area contributed by atoms with E-state index in [0.717, 1.165) is 38.5 Å². The molecule has 2 aliphatic rings. The zero-order valence-corrected chi connectivity index (χ0v) is 8.44. The molecule has 2 fully saturated rings. The summed E-state index contributed by atoms with van der Waals surface area (Å²) in [4.78, 5) is 0. The van der Waals surface area contributed by atoms with E-state index in [-0.39, 0.29) is 12.1 Å². The highest BCUT2D eigenvalue weighted by atomic mass is 32.2. The van der Waals surface area contributed by atoms with Crippen molar-refractivity contribution >= 4 is 10.2 Å². The monoisotopic (exact) mass is 204 g/mol. The molecule has 5 heteroatoms. The van der Waals surface area contributed by atoms with Crippen molar-refractivity contribution < 1.29 is 8.42 Å². The van der Waals surface area contributed by atoms with Gasteiger partial charge in [-0.1, -0.05) is 12.8 Å². The molecule has 0 radical (unpaired) electrons. The van der Waals surface area contributed by atoms with Gasteiger partial charge in [-0.2, -0.15) is 17.9 Å². The van der Waals surface area contributed by atoms with Gasteiger partial charge in [0.2, 0.25) is 0 Å². The lowest BCUT2D eigenvalue weighted by molar-refractivity contribution is 0.360. The highest BCUT2D eigenvalue weighted by molar-refractivity contribution is 7.87. The first-order valence-electron chi connectivity index (χ1n) is 4.95. The number of rotatable bonds is 4. The molecular formula is C8H16N2O2S. The Morgan fingerprint density at radius 3 is 1.46 bits per heavy atom. The Labute approximate surface area is 79.3 Å². The lowest BCUT2D eigenvalue weighted by Gasteiger charge is -2.30. The summed E-state index contributed by atoms with van der Waals surface area (Å²) < 4.78 is 28.1. The summed E-state index contributed by atoms with van der Waals surface area (Å²) in [5, 5.41) is 0. The molecule has 13 heavy (non-hydrogen) atoms. The van der Waals surface area contributed by atoms with Gasteiger partial charge in [-0.25, -0.2) is 0 Å². The summed E-state index contributed by atoms with van der Waals surface area (Å²) in [6, 6.07) is 0.384. The minimum absolute atomic E-state index is 0.192. The van der Waals surface area contributed by atoms with E-state index >= 15 is 0 Å². The zero-order chi connectivity index (χ0) is 9.31. The Balaban J connectivity index is 1.79. The third kappa shape index (κ3) is 2.42. The lowest BCUT2D eigenvalue weighted by atomic mass is 9.94. The lowest BCUT2D eigenvalue weighted by Crippen LogP contribution is -2.50. The van der Waals surface area contributed by atoms with Crippen LogP contribution in [0.3, 0.4) is 0 Å². The van der Waals surface area contributed by atoms with Crippen molar-refractivity contribution in [1.82, 2.24) is 9.44 Å². The summed E-state index contributed by atoms with van der Waals surface area (Å²) in [7, 11) is -3.20. The van der Waals surface area contributed by atoms with Gasteiger partial charge in [-0.15, -0.1) is 0 Å². The fraction of sp³-hybridized carbons (Fsp3) is 1.00. The average Bonchev–Trinajstić information content (AvgIpc) is 1.90. The predicted molar refractivity (Wildman–Crippen MR) is 50.5 cm³/mol. The van der Waals surface area contributed by atoms with E-state index in [9.17, 15) is 8.42 Å². The molecule has 2 rings (SSSR count). The fourth-order valence-corrected chi connectivity index (χ4v) is 2.94. The topological polar surface area (TPSA) is 58.2 Å². The minimum atomic E-state index is -3.20. The molecule has 0 spiro atoms. The molecule has 0 aromatic carbocycles. The van der Waals surface area contributed by atoms with Crippen LogP contribution in [0, 0.1) is 0 Å². The summed E-state index contributed by atoms with van der Waals surface area (Å²) in [5.74, 6) is 0. The van der Waals surface area contributed by atoms with Crippen molar-refractivity contribution in [2.45, 2.75) is 50.6 Å². The van der Waals surface area contributed by atoms with Gasteiger partial charge < -0.3 is 0 Å². The Morgan fingerprint density at radius 1 is 0.846 bits per heavy atom. The van der Waals surface area contributed by atoms with Crippen LogP contribution in [0.5, 0.6) is 0 Å². The second kappa shape index (κ2) is 3.55. The molecule has 0 amide bonds. The largest absolute Gasteiger partial charge is 0.277 e. The van der Waals surface area contributed by atoms with Gasteiger partial charge in [0.1, 0.15) is 0 Å². The van der Waals surface area contributed by atoms with Crippen molar-refractivity contribution in [3.05, 3.63) is 0 Å². The van der Waals surface area contributed by atoms with Crippen molar-refractivity contribution in [2.75, 3.05) is 0 Å². The fourth-order valence-electron chi connectivity index (χ4n) is 1.53. The van der Waals surface area contributed by atoms with Crippen LogP contribution >= 0.6 is 0 Å².